The average molecular weight is 331 g/mol. The van der Waals surface area contributed by atoms with Crippen molar-refractivity contribution in [2.75, 3.05) is 12.4 Å². The summed E-state index contributed by atoms with van der Waals surface area (Å²) in [6.07, 6.45) is 6.02. The molecule has 21 heavy (non-hydrogen) atoms. The number of hydrogen-bond acceptors (Lipinski definition) is 3. The van der Waals surface area contributed by atoms with Crippen LogP contribution >= 0.6 is 10.7 Å². The molecule has 0 aromatic heterocycles. The Bertz CT molecular complexity index is 545. The van der Waals surface area contributed by atoms with Crippen LogP contribution in [0.4, 0.5) is 0 Å². The predicted molar refractivity (Wildman–Crippen MR) is 86.5 cm³/mol. The van der Waals surface area contributed by atoms with Crippen LogP contribution in [0.15, 0.2) is 24.3 Å². The maximum absolute atomic E-state index is 11.4. The zero-order valence-corrected chi connectivity index (χ0v) is 14.0. The molecule has 2 rings (SSSR count). The summed E-state index contributed by atoms with van der Waals surface area (Å²) in [5.41, 5.74) is 0.978. The van der Waals surface area contributed by atoms with E-state index in [1.54, 1.807) is 0 Å². The summed E-state index contributed by atoms with van der Waals surface area (Å²) in [7, 11) is 1.96. The lowest BCUT2D eigenvalue weighted by atomic mass is 9.90. The Kier molecular flexibility index (Phi) is 5.55. The van der Waals surface area contributed by atoms with E-state index in [-0.39, 0.29) is 11.2 Å². The summed E-state index contributed by atoms with van der Waals surface area (Å²) in [4.78, 5) is 0. The van der Waals surface area contributed by atoms with Gasteiger partial charge in [0, 0.05) is 16.1 Å². The third-order valence-corrected chi connectivity index (χ3v) is 5.43. The van der Waals surface area contributed by atoms with E-state index in [0.717, 1.165) is 44.3 Å². The van der Waals surface area contributed by atoms with Gasteiger partial charge in [-0.25, -0.2) is 8.42 Å². The van der Waals surface area contributed by atoms with Crippen LogP contribution in [0.1, 0.15) is 44.6 Å². The van der Waals surface area contributed by atoms with Gasteiger partial charge >= 0.3 is 0 Å². The number of rotatable bonds is 7. The van der Waals surface area contributed by atoms with E-state index < -0.39 is 9.05 Å². The number of halogens is 1. The van der Waals surface area contributed by atoms with Gasteiger partial charge in [0.2, 0.25) is 9.05 Å². The molecule has 0 aliphatic heterocycles. The molecule has 0 N–H and O–H groups in total. The molecule has 0 radical (unpaired) electrons. The highest BCUT2D eigenvalue weighted by Crippen LogP contribution is 2.40. The van der Waals surface area contributed by atoms with Gasteiger partial charge in [-0.1, -0.05) is 38.3 Å². The first-order chi connectivity index (χ1) is 9.92. The number of benzene rings is 1. The molecule has 5 heteroatoms. The lowest BCUT2D eigenvalue weighted by Crippen LogP contribution is -2.32. The number of aryl methyl sites for hydroxylation is 1. The van der Waals surface area contributed by atoms with Crippen molar-refractivity contribution in [3.8, 4) is 5.75 Å². The molecule has 1 saturated carbocycles. The fraction of sp³-hybridized carbons (Fsp3) is 0.625. The van der Waals surface area contributed by atoms with Crippen LogP contribution in [0.25, 0.3) is 0 Å². The molecule has 0 atom stereocenters. The van der Waals surface area contributed by atoms with Gasteiger partial charge in [0.05, 0.1) is 12.4 Å². The molecule has 0 amide bonds. The summed E-state index contributed by atoms with van der Waals surface area (Å²) < 4.78 is 28.7. The number of ether oxygens (including phenoxy) is 1. The van der Waals surface area contributed by atoms with E-state index in [1.165, 1.54) is 5.56 Å². The van der Waals surface area contributed by atoms with Gasteiger partial charge in [-0.3, -0.25) is 0 Å². The summed E-state index contributed by atoms with van der Waals surface area (Å²) >= 11 is 0. The van der Waals surface area contributed by atoms with E-state index in [9.17, 15) is 8.42 Å². The standard InChI is InChI=1S/C16H23ClO3S/c1-2-5-14-6-8-15(9-7-14)20-12-16(10-3-4-11-16)13-21(17,18)19/h6-9H,2-5,10-13H2,1H3. The minimum atomic E-state index is -3.49. The average Bonchev–Trinajstić information content (AvgIpc) is 2.85. The lowest BCUT2D eigenvalue weighted by molar-refractivity contribution is 0.171. The second-order valence-corrected chi connectivity index (χ2v) is 8.85. The van der Waals surface area contributed by atoms with Gasteiger partial charge in [0.1, 0.15) is 5.75 Å². The largest absolute Gasteiger partial charge is 0.493 e. The SMILES string of the molecule is CCCc1ccc(OCC2(CS(=O)(=O)Cl)CCCC2)cc1. The molecule has 3 nitrogen and oxygen atoms in total. The van der Waals surface area contributed by atoms with Crippen molar-refractivity contribution in [1.82, 2.24) is 0 Å². The molecule has 0 spiro atoms. The Morgan fingerprint density at radius 2 is 1.81 bits per heavy atom. The van der Waals surface area contributed by atoms with Crippen molar-refractivity contribution in [1.29, 1.82) is 0 Å². The predicted octanol–water partition coefficient (Wildman–Crippen LogP) is 4.15. The van der Waals surface area contributed by atoms with Crippen molar-refractivity contribution in [2.45, 2.75) is 45.4 Å². The maximum atomic E-state index is 11.4. The molecule has 0 bridgehead atoms. The van der Waals surface area contributed by atoms with Crippen LogP contribution < -0.4 is 4.74 Å². The van der Waals surface area contributed by atoms with Crippen LogP contribution in [-0.4, -0.2) is 20.8 Å². The summed E-state index contributed by atoms with van der Waals surface area (Å²) in [6.45, 7) is 2.58. The summed E-state index contributed by atoms with van der Waals surface area (Å²) in [6, 6.07) is 8.06. The van der Waals surface area contributed by atoms with E-state index >= 15 is 0 Å². The fourth-order valence-corrected chi connectivity index (χ4v) is 4.90. The van der Waals surface area contributed by atoms with Gasteiger partial charge in [0.15, 0.2) is 0 Å². The maximum Gasteiger partial charge on any atom is 0.233 e. The van der Waals surface area contributed by atoms with Crippen LogP contribution in [0.5, 0.6) is 5.75 Å². The second kappa shape index (κ2) is 7.01. The minimum absolute atomic E-state index is 0.00940. The highest BCUT2D eigenvalue weighted by molar-refractivity contribution is 8.13. The number of hydrogen-bond donors (Lipinski definition) is 0. The molecule has 0 heterocycles. The molecule has 0 unspecified atom stereocenters. The summed E-state index contributed by atoms with van der Waals surface area (Å²) in [5, 5.41) is 0. The molecule has 1 aliphatic rings. The smallest absolute Gasteiger partial charge is 0.233 e. The second-order valence-electron chi connectivity index (χ2n) is 6.07. The molecule has 1 aliphatic carbocycles. The highest BCUT2D eigenvalue weighted by Gasteiger charge is 2.38. The zero-order chi connectivity index (χ0) is 15.3. The molecule has 1 aromatic carbocycles. The van der Waals surface area contributed by atoms with Gasteiger partial charge in [-0.15, -0.1) is 0 Å². The molecule has 118 valence electrons. The van der Waals surface area contributed by atoms with Crippen molar-refractivity contribution >= 4 is 19.7 Å². The molecule has 0 saturated heterocycles. The van der Waals surface area contributed by atoms with Crippen molar-refractivity contribution < 1.29 is 13.2 Å². The van der Waals surface area contributed by atoms with Crippen molar-refractivity contribution in [3.05, 3.63) is 29.8 Å². The van der Waals surface area contributed by atoms with Gasteiger partial charge < -0.3 is 4.74 Å². The first kappa shape index (κ1) is 16.6. The van der Waals surface area contributed by atoms with Crippen molar-refractivity contribution in [2.24, 2.45) is 5.41 Å². The van der Waals surface area contributed by atoms with Gasteiger partial charge in [-0.05, 0) is 37.0 Å². The van der Waals surface area contributed by atoms with E-state index in [4.69, 9.17) is 15.4 Å². The third-order valence-electron chi connectivity index (χ3n) is 4.15. The fourth-order valence-electron chi connectivity index (χ4n) is 3.10. The van der Waals surface area contributed by atoms with E-state index in [0.29, 0.717) is 6.61 Å². The van der Waals surface area contributed by atoms with Crippen LogP contribution in [0.3, 0.4) is 0 Å². The van der Waals surface area contributed by atoms with Crippen LogP contribution in [0, 0.1) is 5.41 Å². The molecule has 1 aromatic rings. The Hall–Kier alpha value is -0.740. The Morgan fingerprint density at radius 3 is 2.33 bits per heavy atom. The van der Waals surface area contributed by atoms with E-state index in [2.05, 4.69) is 19.1 Å². The molecule has 1 fully saturated rings. The first-order valence-electron chi connectivity index (χ1n) is 7.57. The van der Waals surface area contributed by atoms with E-state index in [1.807, 2.05) is 12.1 Å². The quantitative estimate of drug-likeness (QED) is 0.705. The first-order valence-corrected chi connectivity index (χ1v) is 10.0. The van der Waals surface area contributed by atoms with Gasteiger partial charge in [0.25, 0.3) is 0 Å². The zero-order valence-electron chi connectivity index (χ0n) is 12.5. The highest BCUT2D eigenvalue weighted by atomic mass is 35.7. The van der Waals surface area contributed by atoms with Crippen LogP contribution in [0.2, 0.25) is 0 Å². The monoisotopic (exact) mass is 330 g/mol. The molecular formula is C16H23ClO3S. The molecular weight excluding hydrogens is 308 g/mol. The summed E-state index contributed by atoms with van der Waals surface area (Å²) in [5.74, 6) is 0.809. The lowest BCUT2D eigenvalue weighted by Gasteiger charge is -2.27. The van der Waals surface area contributed by atoms with Crippen molar-refractivity contribution in [3.63, 3.8) is 0 Å². The Labute approximate surface area is 132 Å². The topological polar surface area (TPSA) is 43.4 Å². The normalized spacial score (nSPS) is 17.8. The Balaban J connectivity index is 1.98. The Morgan fingerprint density at radius 1 is 1.19 bits per heavy atom. The van der Waals surface area contributed by atoms with Gasteiger partial charge in [-0.2, -0.15) is 0 Å². The van der Waals surface area contributed by atoms with Crippen LogP contribution in [-0.2, 0) is 15.5 Å². The minimum Gasteiger partial charge on any atom is -0.493 e. The third kappa shape index (κ3) is 5.19.